The molecular formula is C20H20N2O2. The third-order valence-electron chi connectivity index (χ3n) is 3.58. The zero-order chi connectivity index (χ0) is 17.7. The second kappa shape index (κ2) is 7.01. The number of amides is 1. The van der Waals surface area contributed by atoms with Crippen molar-refractivity contribution in [1.29, 1.82) is 5.26 Å². The van der Waals surface area contributed by atoms with Crippen molar-refractivity contribution in [1.82, 2.24) is 0 Å². The highest BCUT2D eigenvalue weighted by molar-refractivity contribution is 6.09. The van der Waals surface area contributed by atoms with Crippen LogP contribution in [0.3, 0.4) is 0 Å². The van der Waals surface area contributed by atoms with Gasteiger partial charge in [0.2, 0.25) is 0 Å². The number of nitriles is 1. The first-order valence-corrected chi connectivity index (χ1v) is 7.62. The average Bonchev–Trinajstić information content (AvgIpc) is 2.54. The molecule has 0 aliphatic rings. The maximum absolute atomic E-state index is 12.2. The van der Waals surface area contributed by atoms with E-state index in [9.17, 15) is 15.2 Å². The van der Waals surface area contributed by atoms with Gasteiger partial charge in [0.25, 0.3) is 5.91 Å². The fourth-order valence-electron chi connectivity index (χ4n) is 2.14. The molecule has 122 valence electrons. The van der Waals surface area contributed by atoms with Crippen LogP contribution in [0.5, 0.6) is 5.75 Å². The summed E-state index contributed by atoms with van der Waals surface area (Å²) in [6.45, 7) is 6.39. The Kier molecular flexibility index (Phi) is 5.05. The van der Waals surface area contributed by atoms with Crippen molar-refractivity contribution < 1.29 is 9.90 Å². The van der Waals surface area contributed by atoms with Crippen molar-refractivity contribution in [2.24, 2.45) is 0 Å². The van der Waals surface area contributed by atoms with Crippen molar-refractivity contribution in [3.8, 4) is 11.8 Å². The van der Waals surface area contributed by atoms with E-state index in [0.717, 1.165) is 5.56 Å². The lowest BCUT2D eigenvalue weighted by Gasteiger charge is -2.18. The highest BCUT2D eigenvalue weighted by Gasteiger charge is 2.13. The molecule has 0 aromatic heterocycles. The molecule has 0 saturated heterocycles. The van der Waals surface area contributed by atoms with Gasteiger partial charge in [-0.3, -0.25) is 4.79 Å². The quantitative estimate of drug-likeness (QED) is 0.505. The van der Waals surface area contributed by atoms with Gasteiger partial charge in [0.1, 0.15) is 17.4 Å². The third kappa shape index (κ3) is 4.47. The van der Waals surface area contributed by atoms with E-state index in [0.29, 0.717) is 5.69 Å². The summed E-state index contributed by atoms with van der Waals surface area (Å²) in [5.41, 5.74) is 2.57. The van der Waals surface area contributed by atoms with Crippen molar-refractivity contribution in [2.75, 3.05) is 5.32 Å². The van der Waals surface area contributed by atoms with E-state index < -0.39 is 5.91 Å². The topological polar surface area (TPSA) is 73.1 Å². The number of carbonyl (C=O) groups is 1. The molecule has 4 nitrogen and oxygen atoms in total. The van der Waals surface area contributed by atoms with E-state index in [1.165, 1.54) is 17.7 Å². The fraction of sp³-hybridized carbons (Fsp3) is 0.200. The number of rotatable bonds is 3. The standard InChI is InChI=1S/C20H20N2O2/c1-20(2,3)16-6-4-14(5-7-16)12-15(13-21)19(24)22-17-8-10-18(23)11-9-17/h4-12,23H,1-3H3,(H,22,24). The first-order valence-electron chi connectivity index (χ1n) is 7.62. The van der Waals surface area contributed by atoms with Crippen molar-refractivity contribution in [2.45, 2.75) is 26.2 Å². The first-order chi connectivity index (χ1) is 11.3. The van der Waals surface area contributed by atoms with Crippen molar-refractivity contribution in [3.63, 3.8) is 0 Å². The Hall–Kier alpha value is -3.06. The Bertz CT molecular complexity index is 790. The first kappa shape index (κ1) is 17.3. The van der Waals surface area contributed by atoms with Crippen LogP contribution in [0.15, 0.2) is 54.1 Å². The number of phenolic OH excluding ortho intramolecular Hbond substituents is 1. The van der Waals surface area contributed by atoms with Crippen LogP contribution < -0.4 is 5.32 Å². The monoisotopic (exact) mass is 320 g/mol. The van der Waals surface area contributed by atoms with Crippen molar-refractivity contribution >= 4 is 17.7 Å². The summed E-state index contributed by atoms with van der Waals surface area (Å²) < 4.78 is 0. The number of aromatic hydroxyl groups is 1. The van der Waals surface area contributed by atoms with Crippen LogP contribution in [-0.2, 0) is 10.2 Å². The van der Waals surface area contributed by atoms with E-state index in [1.807, 2.05) is 30.3 Å². The van der Waals surface area contributed by atoms with Gasteiger partial charge < -0.3 is 10.4 Å². The summed E-state index contributed by atoms with van der Waals surface area (Å²) in [4.78, 5) is 12.2. The second-order valence-electron chi connectivity index (χ2n) is 6.54. The molecular weight excluding hydrogens is 300 g/mol. The normalized spacial score (nSPS) is 11.7. The van der Waals surface area contributed by atoms with Crippen molar-refractivity contribution in [3.05, 3.63) is 65.2 Å². The molecule has 24 heavy (non-hydrogen) atoms. The maximum atomic E-state index is 12.2. The lowest BCUT2D eigenvalue weighted by Crippen LogP contribution is -2.13. The van der Waals surface area contributed by atoms with Gasteiger partial charge in [-0.25, -0.2) is 0 Å². The van der Waals surface area contributed by atoms with Gasteiger partial charge in [0.05, 0.1) is 0 Å². The molecule has 0 bridgehead atoms. The van der Waals surface area contributed by atoms with E-state index in [-0.39, 0.29) is 16.7 Å². The highest BCUT2D eigenvalue weighted by Crippen LogP contribution is 2.23. The lowest BCUT2D eigenvalue weighted by atomic mass is 9.86. The maximum Gasteiger partial charge on any atom is 0.266 e. The summed E-state index contributed by atoms with van der Waals surface area (Å²) in [5, 5.41) is 21.1. The molecule has 2 aromatic carbocycles. The number of benzene rings is 2. The van der Waals surface area contributed by atoms with Gasteiger partial charge in [0, 0.05) is 5.69 Å². The lowest BCUT2D eigenvalue weighted by molar-refractivity contribution is -0.112. The molecule has 2 aromatic rings. The zero-order valence-corrected chi connectivity index (χ0v) is 14.0. The van der Waals surface area contributed by atoms with Crippen LogP contribution in [0.25, 0.3) is 6.08 Å². The molecule has 0 unspecified atom stereocenters. The minimum Gasteiger partial charge on any atom is -0.508 e. The minimum atomic E-state index is -0.483. The molecule has 2 rings (SSSR count). The molecule has 0 aliphatic heterocycles. The third-order valence-corrected chi connectivity index (χ3v) is 3.58. The number of nitrogens with zero attached hydrogens (tertiary/aromatic N) is 1. The average molecular weight is 320 g/mol. The Labute approximate surface area is 142 Å². The predicted molar refractivity (Wildman–Crippen MR) is 95.5 cm³/mol. The summed E-state index contributed by atoms with van der Waals surface area (Å²) in [7, 11) is 0. The number of phenols is 1. The number of nitrogens with one attached hydrogen (secondary N) is 1. The molecule has 0 atom stereocenters. The fourth-order valence-corrected chi connectivity index (χ4v) is 2.14. The Morgan fingerprint density at radius 1 is 1.08 bits per heavy atom. The van der Waals surface area contributed by atoms with Crippen LogP contribution in [-0.4, -0.2) is 11.0 Å². The molecule has 0 aliphatic carbocycles. The molecule has 0 fully saturated rings. The van der Waals surface area contributed by atoms with E-state index in [4.69, 9.17) is 0 Å². The minimum absolute atomic E-state index is 0.0200. The Balaban J connectivity index is 2.18. The summed E-state index contributed by atoms with van der Waals surface area (Å²) in [6, 6.07) is 15.8. The molecule has 1 amide bonds. The van der Waals surface area contributed by atoms with Gasteiger partial charge >= 0.3 is 0 Å². The van der Waals surface area contributed by atoms with E-state index in [2.05, 4.69) is 26.1 Å². The largest absolute Gasteiger partial charge is 0.508 e. The molecule has 0 radical (unpaired) electrons. The van der Waals surface area contributed by atoms with Gasteiger partial charge in [-0.2, -0.15) is 5.26 Å². The van der Waals surface area contributed by atoms with Gasteiger partial charge in [0.15, 0.2) is 0 Å². The molecule has 4 heteroatoms. The number of hydrogen-bond acceptors (Lipinski definition) is 3. The SMILES string of the molecule is CC(C)(C)c1ccc(C=C(C#N)C(=O)Nc2ccc(O)cc2)cc1. The summed E-state index contributed by atoms with van der Waals surface area (Å²) in [5.74, 6) is -0.369. The predicted octanol–water partition coefficient (Wildman–Crippen LogP) is 4.24. The van der Waals surface area contributed by atoms with Crippen LogP contribution in [0.4, 0.5) is 5.69 Å². The summed E-state index contributed by atoms with van der Waals surface area (Å²) >= 11 is 0. The number of hydrogen-bond donors (Lipinski definition) is 2. The van der Waals surface area contributed by atoms with Crippen LogP contribution >= 0.6 is 0 Å². The van der Waals surface area contributed by atoms with Crippen LogP contribution in [0.1, 0.15) is 31.9 Å². The van der Waals surface area contributed by atoms with E-state index in [1.54, 1.807) is 18.2 Å². The van der Waals surface area contributed by atoms with Gasteiger partial charge in [-0.05, 0) is 46.9 Å². The summed E-state index contributed by atoms with van der Waals surface area (Å²) in [6.07, 6.45) is 1.56. The Morgan fingerprint density at radius 2 is 1.67 bits per heavy atom. The molecule has 2 N–H and O–H groups in total. The number of carbonyl (C=O) groups excluding carboxylic acids is 1. The number of anilines is 1. The second-order valence-corrected chi connectivity index (χ2v) is 6.54. The van der Waals surface area contributed by atoms with Gasteiger partial charge in [-0.15, -0.1) is 0 Å². The van der Waals surface area contributed by atoms with Crippen LogP contribution in [0.2, 0.25) is 0 Å². The molecule has 0 heterocycles. The zero-order valence-electron chi connectivity index (χ0n) is 14.0. The highest BCUT2D eigenvalue weighted by atomic mass is 16.3. The Morgan fingerprint density at radius 3 is 2.17 bits per heavy atom. The van der Waals surface area contributed by atoms with Crippen LogP contribution in [0, 0.1) is 11.3 Å². The van der Waals surface area contributed by atoms with Gasteiger partial charge in [-0.1, -0.05) is 45.0 Å². The molecule has 0 saturated carbocycles. The molecule has 0 spiro atoms. The smallest absolute Gasteiger partial charge is 0.266 e. The van der Waals surface area contributed by atoms with E-state index >= 15 is 0 Å².